The van der Waals surface area contributed by atoms with E-state index in [2.05, 4.69) is 0 Å². The molecule has 0 aliphatic heterocycles. The van der Waals surface area contributed by atoms with Crippen molar-refractivity contribution in [1.29, 1.82) is 5.26 Å². The van der Waals surface area contributed by atoms with E-state index in [1.165, 1.54) is 6.07 Å². The van der Waals surface area contributed by atoms with Crippen LogP contribution in [0.3, 0.4) is 0 Å². The van der Waals surface area contributed by atoms with Gasteiger partial charge in [-0.3, -0.25) is 4.21 Å². The van der Waals surface area contributed by atoms with Gasteiger partial charge in [-0.1, -0.05) is 0 Å². The summed E-state index contributed by atoms with van der Waals surface area (Å²) in [6.07, 6.45) is -4.74. The van der Waals surface area contributed by atoms with Gasteiger partial charge < -0.3 is 4.55 Å². The van der Waals surface area contributed by atoms with Crippen molar-refractivity contribution in [2.24, 2.45) is 0 Å². The minimum Gasteiger partial charge on any atom is -0.768 e. The minimum absolute atomic E-state index is 0. The summed E-state index contributed by atoms with van der Waals surface area (Å²) in [4.78, 5) is -0.499. The first kappa shape index (κ1) is 15.6. The average molecular weight is 257 g/mol. The molecule has 16 heavy (non-hydrogen) atoms. The number of benzene rings is 1. The van der Waals surface area contributed by atoms with Gasteiger partial charge in [-0.15, -0.1) is 0 Å². The van der Waals surface area contributed by atoms with Gasteiger partial charge in [-0.2, -0.15) is 18.4 Å². The average Bonchev–Trinajstić information content (AvgIpc) is 2.15. The Balaban J connectivity index is 0.00000225. The second-order valence-corrected chi connectivity index (χ2v) is 3.49. The van der Waals surface area contributed by atoms with Crippen LogP contribution < -0.4 is 29.6 Å². The third-order valence-corrected chi connectivity index (χ3v) is 2.25. The quantitative estimate of drug-likeness (QED) is 0.470. The molecule has 0 aliphatic rings. The van der Waals surface area contributed by atoms with E-state index in [0.717, 1.165) is 12.1 Å². The van der Waals surface area contributed by atoms with Gasteiger partial charge in [0.15, 0.2) is 0 Å². The Morgan fingerprint density at radius 3 is 2.31 bits per heavy atom. The Labute approximate surface area is 114 Å². The molecule has 1 rings (SSSR count). The maximum Gasteiger partial charge on any atom is 1.00 e. The van der Waals surface area contributed by atoms with E-state index < -0.39 is 33.3 Å². The molecule has 0 aromatic heterocycles. The summed E-state index contributed by atoms with van der Waals surface area (Å²) in [7, 11) is 0. The van der Waals surface area contributed by atoms with Gasteiger partial charge in [0.05, 0.1) is 17.2 Å². The molecule has 0 heterocycles. The topological polar surface area (TPSA) is 63.9 Å². The van der Waals surface area contributed by atoms with Crippen LogP contribution >= 0.6 is 0 Å². The molecular weight excluding hydrogens is 254 g/mol. The number of nitriles is 1. The van der Waals surface area contributed by atoms with E-state index in [0.29, 0.717) is 6.07 Å². The van der Waals surface area contributed by atoms with Gasteiger partial charge in [0.2, 0.25) is 0 Å². The summed E-state index contributed by atoms with van der Waals surface area (Å²) in [5, 5.41) is 8.41. The summed E-state index contributed by atoms with van der Waals surface area (Å²) in [5.41, 5.74) is -1.84. The first-order valence-electron chi connectivity index (χ1n) is 3.57. The number of alkyl halides is 3. The number of halogens is 3. The van der Waals surface area contributed by atoms with Crippen LogP contribution in [0.1, 0.15) is 11.1 Å². The maximum atomic E-state index is 12.3. The van der Waals surface area contributed by atoms with Crippen LogP contribution in [0.5, 0.6) is 0 Å². The predicted octanol–water partition coefficient (Wildman–Crippen LogP) is -1.18. The summed E-state index contributed by atoms with van der Waals surface area (Å²) in [6, 6.07) is 3.55. The largest absolute Gasteiger partial charge is 1.00 e. The Morgan fingerprint density at radius 2 is 1.94 bits per heavy atom. The Hall–Kier alpha value is -0.390. The minimum atomic E-state index is -4.74. The third kappa shape index (κ3) is 3.57. The monoisotopic (exact) mass is 257 g/mol. The Bertz CT molecular complexity index is 456. The van der Waals surface area contributed by atoms with Crippen molar-refractivity contribution < 1.29 is 51.5 Å². The Morgan fingerprint density at radius 1 is 1.38 bits per heavy atom. The van der Waals surface area contributed by atoms with Crippen molar-refractivity contribution in [2.45, 2.75) is 11.1 Å². The molecule has 8 heteroatoms. The van der Waals surface area contributed by atoms with Crippen LogP contribution in [0.25, 0.3) is 0 Å². The molecule has 80 valence electrons. The van der Waals surface area contributed by atoms with Crippen LogP contribution in [0, 0.1) is 11.3 Å². The summed E-state index contributed by atoms with van der Waals surface area (Å²) < 4.78 is 57.8. The van der Waals surface area contributed by atoms with Crippen LogP contribution in [-0.2, 0) is 17.3 Å². The van der Waals surface area contributed by atoms with Crippen molar-refractivity contribution >= 4 is 11.1 Å². The second kappa shape index (κ2) is 5.80. The molecule has 0 bridgehead atoms. The van der Waals surface area contributed by atoms with Crippen molar-refractivity contribution in [3.05, 3.63) is 29.3 Å². The normalized spacial score (nSPS) is 12.4. The molecule has 0 saturated carbocycles. The molecular formula is C8H3F3NNaO2S. The summed E-state index contributed by atoms with van der Waals surface area (Å²) in [5.74, 6) is 0. The Kier molecular flexibility index (Phi) is 5.65. The predicted molar refractivity (Wildman–Crippen MR) is 43.3 cm³/mol. The van der Waals surface area contributed by atoms with Crippen molar-refractivity contribution in [3.63, 3.8) is 0 Å². The third-order valence-electron chi connectivity index (χ3n) is 1.61. The first-order chi connectivity index (χ1) is 6.86. The van der Waals surface area contributed by atoms with Gasteiger partial charge in [0.25, 0.3) is 0 Å². The summed E-state index contributed by atoms with van der Waals surface area (Å²) >= 11 is -2.74. The van der Waals surface area contributed by atoms with Crippen LogP contribution in [-0.4, -0.2) is 8.76 Å². The second-order valence-electron chi connectivity index (χ2n) is 2.55. The first-order valence-corrected chi connectivity index (χ1v) is 4.64. The van der Waals surface area contributed by atoms with E-state index in [1.54, 1.807) is 0 Å². The molecule has 0 spiro atoms. The van der Waals surface area contributed by atoms with Crippen molar-refractivity contribution in [2.75, 3.05) is 0 Å². The van der Waals surface area contributed by atoms with Gasteiger partial charge in [-0.05, 0) is 29.3 Å². The van der Waals surface area contributed by atoms with E-state index in [1.807, 2.05) is 0 Å². The zero-order chi connectivity index (χ0) is 11.6. The molecule has 1 aromatic rings. The molecule has 1 atom stereocenters. The van der Waals surface area contributed by atoms with Crippen LogP contribution in [0.15, 0.2) is 23.1 Å². The van der Waals surface area contributed by atoms with Crippen LogP contribution in [0.4, 0.5) is 13.2 Å². The number of nitrogens with zero attached hydrogens (tertiary/aromatic N) is 1. The zero-order valence-electron chi connectivity index (χ0n) is 8.04. The molecule has 0 fully saturated rings. The van der Waals surface area contributed by atoms with E-state index in [9.17, 15) is 21.9 Å². The fourth-order valence-corrected chi connectivity index (χ4v) is 1.35. The van der Waals surface area contributed by atoms with Gasteiger partial charge in [-0.25, -0.2) is 0 Å². The SMILES string of the molecule is N#Cc1ccc(S(=O)[O-])cc1C(F)(F)F.[Na+]. The fraction of sp³-hybridized carbons (Fsp3) is 0.125. The standard InChI is InChI=1S/C8H4F3NO2S.Na/c9-8(10,11)7-3-6(15(13)14)2-1-5(7)4-12;/h1-3H,(H,13,14);/q;+1/p-1. The number of rotatable bonds is 1. The van der Waals surface area contributed by atoms with Gasteiger partial charge in [0, 0.05) is 4.90 Å². The smallest absolute Gasteiger partial charge is 0.768 e. The summed E-state index contributed by atoms with van der Waals surface area (Å²) in [6.45, 7) is 0. The molecule has 0 saturated heterocycles. The van der Waals surface area contributed by atoms with Gasteiger partial charge in [0.1, 0.15) is 0 Å². The molecule has 1 aromatic carbocycles. The molecule has 0 amide bonds. The van der Waals surface area contributed by atoms with E-state index in [4.69, 9.17) is 5.26 Å². The molecule has 0 aliphatic carbocycles. The molecule has 0 radical (unpaired) electrons. The van der Waals surface area contributed by atoms with E-state index >= 15 is 0 Å². The maximum absolute atomic E-state index is 12.3. The van der Waals surface area contributed by atoms with E-state index in [-0.39, 0.29) is 29.6 Å². The molecule has 0 N–H and O–H groups in total. The fourth-order valence-electron chi connectivity index (χ4n) is 0.959. The molecule has 3 nitrogen and oxygen atoms in total. The van der Waals surface area contributed by atoms with Crippen LogP contribution in [0.2, 0.25) is 0 Å². The van der Waals surface area contributed by atoms with Gasteiger partial charge >= 0.3 is 35.7 Å². The number of hydrogen-bond donors (Lipinski definition) is 0. The zero-order valence-corrected chi connectivity index (χ0v) is 10.9. The molecule has 1 unspecified atom stereocenters. The number of hydrogen-bond acceptors (Lipinski definition) is 3. The van der Waals surface area contributed by atoms with Crippen molar-refractivity contribution in [3.8, 4) is 6.07 Å². The van der Waals surface area contributed by atoms with Crippen molar-refractivity contribution in [1.82, 2.24) is 0 Å².